The molecule has 1 N–H and O–H groups in total. The van der Waals surface area contributed by atoms with Crippen molar-refractivity contribution in [3.05, 3.63) is 35.4 Å². The van der Waals surface area contributed by atoms with Crippen molar-refractivity contribution >= 4 is 5.91 Å². The summed E-state index contributed by atoms with van der Waals surface area (Å²) in [5, 5.41) is 3.42. The molecule has 1 unspecified atom stereocenters. The molecule has 2 atom stereocenters. The monoisotopic (exact) mass is 287 g/mol. The zero-order valence-corrected chi connectivity index (χ0v) is 13.0. The fourth-order valence-electron chi connectivity index (χ4n) is 3.53. The van der Waals surface area contributed by atoms with E-state index in [1.165, 1.54) is 11.1 Å². The highest BCUT2D eigenvalue weighted by Crippen LogP contribution is 2.19. The summed E-state index contributed by atoms with van der Waals surface area (Å²) in [6, 6.07) is 8.66. The summed E-state index contributed by atoms with van der Waals surface area (Å²) in [5.74, 6) is 0.271. The average molecular weight is 287 g/mol. The van der Waals surface area contributed by atoms with Gasteiger partial charge in [-0.2, -0.15) is 0 Å². The van der Waals surface area contributed by atoms with E-state index < -0.39 is 0 Å². The summed E-state index contributed by atoms with van der Waals surface area (Å²) >= 11 is 0. The standard InChI is InChI=1S/C17H25N3O/c1-13-12-19(2)8-5-9-20(13)17(21)16-10-14-6-3-4-7-15(14)11-18-16/h3-4,6-7,13,16,18H,5,8-12H2,1-2H3/t13?,16-/m0/s1. The van der Waals surface area contributed by atoms with Crippen LogP contribution in [0.2, 0.25) is 0 Å². The third-order valence-corrected chi connectivity index (χ3v) is 4.71. The lowest BCUT2D eigenvalue weighted by molar-refractivity contribution is -0.135. The normalized spacial score (nSPS) is 27.0. The molecule has 2 heterocycles. The number of amides is 1. The first-order valence-electron chi connectivity index (χ1n) is 7.94. The topological polar surface area (TPSA) is 35.6 Å². The van der Waals surface area contributed by atoms with E-state index in [9.17, 15) is 4.79 Å². The van der Waals surface area contributed by atoms with E-state index in [1.807, 2.05) is 0 Å². The third-order valence-electron chi connectivity index (χ3n) is 4.71. The van der Waals surface area contributed by atoms with Gasteiger partial charge in [0.15, 0.2) is 0 Å². The van der Waals surface area contributed by atoms with Crippen LogP contribution in [0.1, 0.15) is 24.5 Å². The molecule has 0 radical (unpaired) electrons. The molecule has 1 aromatic rings. The van der Waals surface area contributed by atoms with E-state index >= 15 is 0 Å². The molecular weight excluding hydrogens is 262 g/mol. The number of rotatable bonds is 1. The van der Waals surface area contributed by atoms with Gasteiger partial charge in [0.25, 0.3) is 0 Å². The highest BCUT2D eigenvalue weighted by molar-refractivity contribution is 5.83. The van der Waals surface area contributed by atoms with Crippen LogP contribution in [0.4, 0.5) is 0 Å². The number of nitrogens with zero attached hydrogens (tertiary/aromatic N) is 2. The summed E-state index contributed by atoms with van der Waals surface area (Å²) in [6.07, 6.45) is 1.88. The molecule has 0 saturated carbocycles. The minimum atomic E-state index is -0.0641. The van der Waals surface area contributed by atoms with Crippen LogP contribution in [-0.4, -0.2) is 54.5 Å². The third kappa shape index (κ3) is 3.11. The molecule has 0 aliphatic carbocycles. The molecule has 1 saturated heterocycles. The van der Waals surface area contributed by atoms with Gasteiger partial charge in [0, 0.05) is 25.7 Å². The second-order valence-electron chi connectivity index (χ2n) is 6.40. The van der Waals surface area contributed by atoms with Gasteiger partial charge in [-0.3, -0.25) is 4.79 Å². The van der Waals surface area contributed by atoms with Crippen molar-refractivity contribution in [1.29, 1.82) is 0 Å². The lowest BCUT2D eigenvalue weighted by Gasteiger charge is -2.34. The molecular formula is C17H25N3O. The molecule has 3 rings (SSSR count). The van der Waals surface area contributed by atoms with E-state index in [2.05, 4.69) is 53.4 Å². The van der Waals surface area contributed by atoms with Crippen molar-refractivity contribution in [2.45, 2.75) is 38.4 Å². The number of nitrogens with one attached hydrogen (secondary N) is 1. The Morgan fingerprint density at radius 2 is 2.00 bits per heavy atom. The van der Waals surface area contributed by atoms with Crippen LogP contribution < -0.4 is 5.32 Å². The number of likely N-dealkylation sites (N-methyl/N-ethyl adjacent to an activating group) is 1. The lowest BCUT2D eigenvalue weighted by atomic mass is 9.95. The summed E-state index contributed by atoms with van der Waals surface area (Å²) in [7, 11) is 2.14. The van der Waals surface area contributed by atoms with Gasteiger partial charge < -0.3 is 15.1 Å². The molecule has 4 heteroatoms. The smallest absolute Gasteiger partial charge is 0.240 e. The molecule has 0 aromatic heterocycles. The van der Waals surface area contributed by atoms with Crippen molar-refractivity contribution in [3.63, 3.8) is 0 Å². The number of fused-ring (bicyclic) bond motifs is 1. The Kier molecular flexibility index (Phi) is 4.27. The van der Waals surface area contributed by atoms with Crippen LogP contribution >= 0.6 is 0 Å². The van der Waals surface area contributed by atoms with Gasteiger partial charge >= 0.3 is 0 Å². The second kappa shape index (κ2) is 6.16. The maximum absolute atomic E-state index is 12.9. The molecule has 4 nitrogen and oxygen atoms in total. The van der Waals surface area contributed by atoms with E-state index in [0.717, 1.165) is 39.0 Å². The van der Waals surface area contributed by atoms with Gasteiger partial charge in [0.2, 0.25) is 5.91 Å². The highest BCUT2D eigenvalue weighted by Gasteiger charge is 2.31. The van der Waals surface area contributed by atoms with Gasteiger partial charge in [0.1, 0.15) is 0 Å². The first kappa shape index (κ1) is 14.5. The summed E-state index contributed by atoms with van der Waals surface area (Å²) in [5.41, 5.74) is 2.64. The molecule has 1 amide bonds. The van der Waals surface area contributed by atoms with Crippen LogP contribution in [0, 0.1) is 0 Å². The largest absolute Gasteiger partial charge is 0.337 e. The van der Waals surface area contributed by atoms with Crippen LogP contribution in [0.3, 0.4) is 0 Å². The molecule has 1 aromatic carbocycles. The molecule has 0 spiro atoms. The van der Waals surface area contributed by atoms with E-state index in [-0.39, 0.29) is 11.9 Å². The summed E-state index contributed by atoms with van der Waals surface area (Å²) in [6.45, 7) is 5.89. The fourth-order valence-corrected chi connectivity index (χ4v) is 3.53. The number of benzene rings is 1. The first-order chi connectivity index (χ1) is 10.1. The van der Waals surface area contributed by atoms with Crippen molar-refractivity contribution in [2.24, 2.45) is 0 Å². The van der Waals surface area contributed by atoms with E-state index in [0.29, 0.717) is 6.04 Å². The predicted octanol–water partition coefficient (Wildman–Crippen LogP) is 1.25. The van der Waals surface area contributed by atoms with E-state index in [4.69, 9.17) is 0 Å². The fraction of sp³-hybridized carbons (Fsp3) is 0.588. The zero-order valence-electron chi connectivity index (χ0n) is 13.0. The number of carbonyl (C=O) groups excluding carboxylic acids is 1. The molecule has 114 valence electrons. The maximum atomic E-state index is 12.9. The summed E-state index contributed by atoms with van der Waals surface area (Å²) < 4.78 is 0. The Labute approximate surface area is 127 Å². The number of carbonyl (C=O) groups is 1. The highest BCUT2D eigenvalue weighted by atomic mass is 16.2. The minimum Gasteiger partial charge on any atom is -0.337 e. The minimum absolute atomic E-state index is 0.0641. The Balaban J connectivity index is 1.71. The van der Waals surface area contributed by atoms with Crippen molar-refractivity contribution in [3.8, 4) is 0 Å². The average Bonchev–Trinajstić information content (AvgIpc) is 2.66. The van der Waals surface area contributed by atoms with Gasteiger partial charge in [-0.15, -0.1) is 0 Å². The van der Waals surface area contributed by atoms with Crippen LogP contribution in [0.5, 0.6) is 0 Å². The maximum Gasteiger partial charge on any atom is 0.240 e. The van der Waals surface area contributed by atoms with Gasteiger partial charge in [-0.25, -0.2) is 0 Å². The molecule has 21 heavy (non-hydrogen) atoms. The molecule has 2 aliphatic heterocycles. The Morgan fingerprint density at radius 3 is 2.81 bits per heavy atom. The van der Waals surface area contributed by atoms with Crippen LogP contribution in [-0.2, 0) is 17.8 Å². The number of hydrogen-bond donors (Lipinski definition) is 1. The van der Waals surface area contributed by atoms with Gasteiger partial charge in [0.05, 0.1) is 6.04 Å². The van der Waals surface area contributed by atoms with Gasteiger partial charge in [-0.05, 0) is 44.5 Å². The quantitative estimate of drug-likeness (QED) is 0.844. The first-order valence-corrected chi connectivity index (χ1v) is 7.94. The van der Waals surface area contributed by atoms with Crippen molar-refractivity contribution < 1.29 is 4.79 Å². The second-order valence-corrected chi connectivity index (χ2v) is 6.40. The Hall–Kier alpha value is -1.39. The predicted molar refractivity (Wildman–Crippen MR) is 84.1 cm³/mol. The van der Waals surface area contributed by atoms with Crippen LogP contribution in [0.25, 0.3) is 0 Å². The Bertz CT molecular complexity index is 517. The zero-order chi connectivity index (χ0) is 14.8. The molecule has 1 fully saturated rings. The summed E-state index contributed by atoms with van der Waals surface area (Å²) in [4.78, 5) is 17.3. The van der Waals surface area contributed by atoms with Gasteiger partial charge in [-0.1, -0.05) is 24.3 Å². The van der Waals surface area contributed by atoms with Crippen LogP contribution in [0.15, 0.2) is 24.3 Å². The number of hydrogen-bond acceptors (Lipinski definition) is 3. The van der Waals surface area contributed by atoms with Crippen molar-refractivity contribution in [1.82, 2.24) is 15.1 Å². The van der Waals surface area contributed by atoms with Crippen molar-refractivity contribution in [2.75, 3.05) is 26.7 Å². The molecule has 0 bridgehead atoms. The molecule has 2 aliphatic rings. The van der Waals surface area contributed by atoms with E-state index in [1.54, 1.807) is 0 Å². The Morgan fingerprint density at radius 1 is 1.24 bits per heavy atom. The SMILES string of the molecule is CC1CN(C)CCCN1C(=O)[C@@H]1Cc2ccccc2CN1. The lowest BCUT2D eigenvalue weighted by Crippen LogP contribution is -2.53.